The molecule has 3 rings (SSSR count). The normalized spacial score (nSPS) is 11.4. The summed E-state index contributed by atoms with van der Waals surface area (Å²) >= 11 is 0. The van der Waals surface area contributed by atoms with Gasteiger partial charge in [-0.3, -0.25) is 4.79 Å². The highest BCUT2D eigenvalue weighted by Gasteiger charge is 2.14. The Hall–Kier alpha value is -3.27. The largest absolute Gasteiger partial charge is 0.493 e. The summed E-state index contributed by atoms with van der Waals surface area (Å²) in [5.41, 5.74) is 1.95. The SMILES string of the molecule is C[C@H](Oc1ccccc1)C(=O)Nc1ccc(OCCc2ccccc2)cc1. The van der Waals surface area contributed by atoms with Gasteiger partial charge in [0.1, 0.15) is 11.5 Å². The van der Waals surface area contributed by atoms with Crippen molar-refractivity contribution in [2.75, 3.05) is 11.9 Å². The molecule has 0 spiro atoms. The number of ether oxygens (including phenoxy) is 2. The van der Waals surface area contributed by atoms with Crippen LogP contribution in [0.15, 0.2) is 84.9 Å². The molecule has 1 atom stereocenters. The third-order valence-electron chi connectivity index (χ3n) is 4.05. The van der Waals surface area contributed by atoms with Gasteiger partial charge in [0.15, 0.2) is 6.10 Å². The molecule has 4 nitrogen and oxygen atoms in total. The second-order valence-electron chi connectivity index (χ2n) is 6.17. The fourth-order valence-corrected chi connectivity index (χ4v) is 2.57. The van der Waals surface area contributed by atoms with Crippen LogP contribution in [0.4, 0.5) is 5.69 Å². The molecule has 1 amide bonds. The summed E-state index contributed by atoms with van der Waals surface area (Å²) < 4.78 is 11.4. The first-order valence-corrected chi connectivity index (χ1v) is 9.00. The van der Waals surface area contributed by atoms with Gasteiger partial charge in [-0.15, -0.1) is 0 Å². The summed E-state index contributed by atoms with van der Waals surface area (Å²) in [6, 6.07) is 26.9. The Morgan fingerprint density at radius 3 is 2.15 bits per heavy atom. The average Bonchev–Trinajstić information content (AvgIpc) is 2.71. The molecule has 138 valence electrons. The van der Waals surface area contributed by atoms with Gasteiger partial charge in [-0.05, 0) is 48.9 Å². The zero-order chi connectivity index (χ0) is 18.9. The third kappa shape index (κ3) is 5.89. The van der Waals surface area contributed by atoms with E-state index in [9.17, 15) is 4.79 Å². The van der Waals surface area contributed by atoms with Gasteiger partial charge in [0.05, 0.1) is 6.61 Å². The molecule has 0 saturated heterocycles. The first kappa shape index (κ1) is 18.5. The van der Waals surface area contributed by atoms with Gasteiger partial charge in [0.2, 0.25) is 0 Å². The van der Waals surface area contributed by atoms with Crippen molar-refractivity contribution in [2.45, 2.75) is 19.4 Å². The molecule has 3 aromatic carbocycles. The highest BCUT2D eigenvalue weighted by atomic mass is 16.5. The van der Waals surface area contributed by atoms with Crippen molar-refractivity contribution in [3.63, 3.8) is 0 Å². The number of hydrogen-bond acceptors (Lipinski definition) is 3. The van der Waals surface area contributed by atoms with Crippen LogP contribution in [0, 0.1) is 0 Å². The van der Waals surface area contributed by atoms with Crippen molar-refractivity contribution in [3.05, 3.63) is 90.5 Å². The van der Waals surface area contributed by atoms with Crippen LogP contribution in [0.5, 0.6) is 11.5 Å². The Bertz CT molecular complexity index is 833. The fraction of sp³-hybridized carbons (Fsp3) is 0.174. The number of amides is 1. The van der Waals surface area contributed by atoms with Gasteiger partial charge in [-0.1, -0.05) is 48.5 Å². The molecular weight excluding hydrogens is 338 g/mol. The smallest absolute Gasteiger partial charge is 0.265 e. The third-order valence-corrected chi connectivity index (χ3v) is 4.05. The standard InChI is InChI=1S/C23H23NO3/c1-18(27-22-10-6-3-7-11-22)23(25)24-20-12-14-21(15-13-20)26-17-16-19-8-4-2-5-9-19/h2-15,18H,16-17H2,1H3,(H,24,25)/t18-/m0/s1. The van der Waals surface area contributed by atoms with Crippen molar-refractivity contribution in [1.29, 1.82) is 0 Å². The maximum Gasteiger partial charge on any atom is 0.265 e. The van der Waals surface area contributed by atoms with Crippen LogP contribution in [-0.2, 0) is 11.2 Å². The molecule has 3 aromatic rings. The molecule has 4 heteroatoms. The number of carbonyl (C=O) groups is 1. The van der Waals surface area contributed by atoms with Crippen molar-refractivity contribution < 1.29 is 14.3 Å². The summed E-state index contributed by atoms with van der Waals surface area (Å²) in [5.74, 6) is 1.25. The molecule has 0 aliphatic heterocycles. The Labute approximate surface area is 159 Å². The second-order valence-corrected chi connectivity index (χ2v) is 6.17. The molecule has 0 aliphatic carbocycles. The van der Waals surface area contributed by atoms with Crippen LogP contribution < -0.4 is 14.8 Å². The van der Waals surface area contributed by atoms with Gasteiger partial charge < -0.3 is 14.8 Å². The lowest BCUT2D eigenvalue weighted by atomic mass is 10.2. The molecule has 0 heterocycles. The van der Waals surface area contributed by atoms with Crippen LogP contribution in [-0.4, -0.2) is 18.6 Å². The zero-order valence-electron chi connectivity index (χ0n) is 15.3. The number of carbonyl (C=O) groups excluding carboxylic acids is 1. The van der Waals surface area contributed by atoms with Crippen LogP contribution in [0.25, 0.3) is 0 Å². The predicted molar refractivity (Wildman–Crippen MR) is 107 cm³/mol. The second kappa shape index (κ2) is 9.43. The molecule has 0 aromatic heterocycles. The summed E-state index contributed by atoms with van der Waals surface area (Å²) in [7, 11) is 0. The number of para-hydroxylation sites is 1. The minimum Gasteiger partial charge on any atom is -0.493 e. The van der Waals surface area contributed by atoms with E-state index in [4.69, 9.17) is 9.47 Å². The number of benzene rings is 3. The van der Waals surface area contributed by atoms with Crippen LogP contribution in [0.2, 0.25) is 0 Å². The zero-order valence-corrected chi connectivity index (χ0v) is 15.3. The first-order valence-electron chi connectivity index (χ1n) is 9.00. The number of hydrogen-bond donors (Lipinski definition) is 1. The van der Waals surface area contributed by atoms with Crippen LogP contribution >= 0.6 is 0 Å². The lowest BCUT2D eigenvalue weighted by Crippen LogP contribution is -2.30. The Morgan fingerprint density at radius 2 is 1.48 bits per heavy atom. The monoisotopic (exact) mass is 361 g/mol. The highest BCUT2D eigenvalue weighted by Crippen LogP contribution is 2.17. The van der Waals surface area contributed by atoms with Gasteiger partial charge in [0.25, 0.3) is 5.91 Å². The maximum atomic E-state index is 12.3. The topological polar surface area (TPSA) is 47.6 Å². The van der Waals surface area contributed by atoms with E-state index < -0.39 is 6.10 Å². The van der Waals surface area contributed by atoms with Crippen LogP contribution in [0.3, 0.4) is 0 Å². The van der Waals surface area contributed by atoms with Crippen molar-refractivity contribution in [3.8, 4) is 11.5 Å². The summed E-state index contributed by atoms with van der Waals surface area (Å²) in [4.78, 5) is 12.3. The molecule has 0 bridgehead atoms. The molecule has 0 radical (unpaired) electrons. The lowest BCUT2D eigenvalue weighted by Gasteiger charge is -2.15. The number of nitrogens with one attached hydrogen (secondary N) is 1. The van der Waals surface area contributed by atoms with Gasteiger partial charge in [0, 0.05) is 12.1 Å². The van der Waals surface area contributed by atoms with E-state index in [1.54, 1.807) is 6.92 Å². The molecular formula is C23H23NO3. The summed E-state index contributed by atoms with van der Waals surface area (Å²) in [6.45, 7) is 2.33. The van der Waals surface area contributed by atoms with Gasteiger partial charge in [-0.25, -0.2) is 0 Å². The van der Waals surface area contributed by atoms with Gasteiger partial charge in [-0.2, -0.15) is 0 Å². The minimum absolute atomic E-state index is 0.198. The molecule has 0 unspecified atom stereocenters. The van der Waals surface area contributed by atoms with E-state index in [2.05, 4.69) is 17.4 Å². The minimum atomic E-state index is -0.589. The molecule has 0 saturated carbocycles. The summed E-state index contributed by atoms with van der Waals surface area (Å²) in [6.07, 6.45) is 0.266. The Kier molecular flexibility index (Phi) is 6.47. The molecule has 0 fully saturated rings. The molecule has 27 heavy (non-hydrogen) atoms. The van der Waals surface area contributed by atoms with Crippen LogP contribution in [0.1, 0.15) is 12.5 Å². The molecule has 1 N–H and O–H groups in total. The maximum absolute atomic E-state index is 12.3. The van der Waals surface area contributed by atoms with E-state index in [1.807, 2.05) is 72.8 Å². The first-order chi connectivity index (χ1) is 13.2. The van der Waals surface area contributed by atoms with Gasteiger partial charge >= 0.3 is 0 Å². The van der Waals surface area contributed by atoms with E-state index in [0.29, 0.717) is 18.0 Å². The molecule has 0 aliphatic rings. The summed E-state index contributed by atoms with van der Waals surface area (Å²) in [5, 5.41) is 2.85. The highest BCUT2D eigenvalue weighted by molar-refractivity contribution is 5.94. The Balaban J connectivity index is 1.46. The van der Waals surface area contributed by atoms with Crippen molar-refractivity contribution in [2.24, 2.45) is 0 Å². The average molecular weight is 361 g/mol. The number of anilines is 1. The van der Waals surface area contributed by atoms with E-state index in [1.165, 1.54) is 5.56 Å². The quantitative estimate of drug-likeness (QED) is 0.632. The Morgan fingerprint density at radius 1 is 0.852 bits per heavy atom. The number of rotatable bonds is 8. The van der Waals surface area contributed by atoms with Crippen molar-refractivity contribution >= 4 is 11.6 Å². The van der Waals surface area contributed by atoms with E-state index in [0.717, 1.165) is 12.2 Å². The predicted octanol–water partition coefficient (Wildman–Crippen LogP) is 4.71. The van der Waals surface area contributed by atoms with Crippen molar-refractivity contribution in [1.82, 2.24) is 0 Å². The van der Waals surface area contributed by atoms with E-state index in [-0.39, 0.29) is 5.91 Å². The lowest BCUT2D eigenvalue weighted by molar-refractivity contribution is -0.122. The van der Waals surface area contributed by atoms with E-state index >= 15 is 0 Å². The fourth-order valence-electron chi connectivity index (χ4n) is 2.57.